The molecule has 0 amide bonds. The van der Waals surface area contributed by atoms with Gasteiger partial charge in [0.25, 0.3) is 0 Å². The maximum absolute atomic E-state index is 10.2. The highest BCUT2D eigenvalue weighted by molar-refractivity contribution is 5.66. The molecule has 0 bridgehead atoms. The first-order valence-corrected chi connectivity index (χ1v) is 9.96. The predicted octanol–water partition coefficient (Wildman–Crippen LogP) is 4.70. The average Bonchev–Trinajstić information content (AvgIpc) is 2.66. The smallest absolute Gasteiger partial charge is 0.303 e. The van der Waals surface area contributed by atoms with Gasteiger partial charge in [0.1, 0.15) is 0 Å². The van der Waals surface area contributed by atoms with Crippen LogP contribution < -0.4 is 10.2 Å². The Hall–Kier alpha value is -1.55. The quantitative estimate of drug-likeness (QED) is 0.602. The zero-order valence-corrected chi connectivity index (χ0v) is 15.9. The Labute approximate surface area is 153 Å². The number of nitrogens with zero attached hydrogens (tertiary/aromatic N) is 1. The minimum atomic E-state index is -0.661. The van der Waals surface area contributed by atoms with Crippen molar-refractivity contribution in [2.45, 2.75) is 64.7 Å². The van der Waals surface area contributed by atoms with E-state index in [1.54, 1.807) is 0 Å². The first-order chi connectivity index (χ1) is 12.2. The van der Waals surface area contributed by atoms with Crippen LogP contribution in [0.3, 0.4) is 0 Å². The van der Waals surface area contributed by atoms with E-state index < -0.39 is 5.97 Å². The second-order valence-corrected chi connectivity index (χ2v) is 6.69. The van der Waals surface area contributed by atoms with E-state index in [-0.39, 0.29) is 0 Å². The van der Waals surface area contributed by atoms with Crippen molar-refractivity contribution in [3.8, 4) is 0 Å². The summed E-state index contributed by atoms with van der Waals surface area (Å²) < 4.78 is 0. The van der Waals surface area contributed by atoms with Gasteiger partial charge in [-0.15, -0.1) is 0 Å². The summed E-state index contributed by atoms with van der Waals surface area (Å²) in [5, 5.41) is 11.7. The van der Waals surface area contributed by atoms with Crippen LogP contribution in [-0.2, 0) is 4.79 Å². The summed E-state index contributed by atoms with van der Waals surface area (Å²) in [4.78, 5) is 12.6. The number of piperazine rings is 1. The minimum Gasteiger partial charge on any atom is -0.481 e. The molecule has 2 rings (SSSR count). The van der Waals surface area contributed by atoms with Gasteiger partial charge < -0.3 is 15.3 Å². The second kappa shape index (κ2) is 14.8. The van der Waals surface area contributed by atoms with Crippen molar-refractivity contribution >= 4 is 11.7 Å². The number of nitrogens with one attached hydrogen (secondary N) is 1. The van der Waals surface area contributed by atoms with E-state index in [9.17, 15) is 4.79 Å². The van der Waals surface area contributed by atoms with Gasteiger partial charge in [0.2, 0.25) is 0 Å². The van der Waals surface area contributed by atoms with Crippen molar-refractivity contribution in [1.82, 2.24) is 5.32 Å². The lowest BCUT2D eigenvalue weighted by atomic mass is 10.1. The molecule has 1 aliphatic rings. The zero-order valence-electron chi connectivity index (χ0n) is 15.9. The van der Waals surface area contributed by atoms with E-state index in [1.165, 1.54) is 44.2 Å². The largest absolute Gasteiger partial charge is 0.481 e. The van der Waals surface area contributed by atoms with Gasteiger partial charge in [-0.3, -0.25) is 4.79 Å². The van der Waals surface area contributed by atoms with Crippen LogP contribution in [0.5, 0.6) is 0 Å². The third-order valence-corrected chi connectivity index (χ3v) is 4.48. The zero-order chi connectivity index (χ0) is 18.2. The lowest BCUT2D eigenvalue weighted by Crippen LogP contribution is -2.43. The topological polar surface area (TPSA) is 52.6 Å². The summed E-state index contributed by atoms with van der Waals surface area (Å²) in [7, 11) is 0. The monoisotopic (exact) mass is 348 g/mol. The normalized spacial score (nSPS) is 13.9. The van der Waals surface area contributed by atoms with Gasteiger partial charge in [-0.1, -0.05) is 70.1 Å². The van der Waals surface area contributed by atoms with E-state index in [1.807, 2.05) is 0 Å². The number of benzene rings is 1. The minimum absolute atomic E-state index is 0.342. The number of carboxylic acid groups (broad SMARTS) is 1. The lowest BCUT2D eigenvalue weighted by Gasteiger charge is -2.29. The van der Waals surface area contributed by atoms with E-state index in [0.29, 0.717) is 6.42 Å². The van der Waals surface area contributed by atoms with E-state index in [4.69, 9.17) is 5.11 Å². The summed E-state index contributed by atoms with van der Waals surface area (Å²) in [5.41, 5.74) is 1.35. The molecule has 142 valence electrons. The highest BCUT2D eigenvalue weighted by Crippen LogP contribution is 2.12. The number of carbonyl (C=O) groups is 1. The maximum Gasteiger partial charge on any atom is 0.303 e. The molecule has 1 aromatic rings. The van der Waals surface area contributed by atoms with Gasteiger partial charge in [0.05, 0.1) is 0 Å². The number of aliphatic carboxylic acids is 1. The molecule has 4 heteroatoms. The first-order valence-electron chi connectivity index (χ1n) is 9.96. The molecule has 1 aromatic carbocycles. The van der Waals surface area contributed by atoms with Gasteiger partial charge in [-0.25, -0.2) is 0 Å². The van der Waals surface area contributed by atoms with Crippen LogP contribution in [0, 0.1) is 0 Å². The Bertz CT molecular complexity index is 431. The Morgan fingerprint density at radius 1 is 0.960 bits per heavy atom. The van der Waals surface area contributed by atoms with Crippen LogP contribution in [0.15, 0.2) is 30.3 Å². The number of hydrogen-bond donors (Lipinski definition) is 2. The fourth-order valence-electron chi connectivity index (χ4n) is 2.97. The summed E-state index contributed by atoms with van der Waals surface area (Å²) >= 11 is 0. The Morgan fingerprint density at radius 2 is 1.52 bits per heavy atom. The highest BCUT2D eigenvalue weighted by atomic mass is 16.4. The molecular weight excluding hydrogens is 312 g/mol. The molecule has 1 aliphatic heterocycles. The summed E-state index contributed by atoms with van der Waals surface area (Å²) in [6.07, 6.45) is 10.1. The van der Waals surface area contributed by atoms with Crippen LogP contribution >= 0.6 is 0 Å². The van der Waals surface area contributed by atoms with E-state index in [0.717, 1.165) is 39.0 Å². The van der Waals surface area contributed by atoms with Crippen molar-refractivity contribution in [3.05, 3.63) is 30.3 Å². The number of hydrogen-bond acceptors (Lipinski definition) is 3. The third kappa shape index (κ3) is 11.6. The Morgan fingerprint density at radius 3 is 2.08 bits per heavy atom. The molecular formula is C21H36N2O2. The molecule has 0 atom stereocenters. The molecule has 2 N–H and O–H groups in total. The molecule has 0 aliphatic carbocycles. The van der Waals surface area contributed by atoms with Gasteiger partial charge in [0, 0.05) is 38.3 Å². The third-order valence-electron chi connectivity index (χ3n) is 4.48. The molecule has 0 radical (unpaired) electrons. The van der Waals surface area contributed by atoms with Crippen molar-refractivity contribution in [2.24, 2.45) is 0 Å². The van der Waals surface area contributed by atoms with Gasteiger partial charge in [-0.2, -0.15) is 0 Å². The molecule has 0 unspecified atom stereocenters. The van der Waals surface area contributed by atoms with Crippen molar-refractivity contribution in [2.75, 3.05) is 31.1 Å². The molecule has 0 spiro atoms. The molecule has 4 nitrogen and oxygen atoms in total. The van der Waals surface area contributed by atoms with Crippen LogP contribution in [0.1, 0.15) is 64.7 Å². The van der Waals surface area contributed by atoms with E-state index >= 15 is 0 Å². The van der Waals surface area contributed by atoms with Gasteiger partial charge >= 0.3 is 5.97 Å². The van der Waals surface area contributed by atoms with Crippen LogP contribution in [0.25, 0.3) is 0 Å². The molecule has 25 heavy (non-hydrogen) atoms. The second-order valence-electron chi connectivity index (χ2n) is 6.69. The summed E-state index contributed by atoms with van der Waals surface area (Å²) in [6.45, 7) is 6.69. The maximum atomic E-state index is 10.2. The lowest BCUT2D eigenvalue weighted by molar-refractivity contribution is -0.137. The van der Waals surface area contributed by atoms with Crippen molar-refractivity contribution in [3.63, 3.8) is 0 Å². The molecule has 1 fully saturated rings. The van der Waals surface area contributed by atoms with Gasteiger partial charge in [-0.05, 0) is 18.6 Å². The predicted molar refractivity (Wildman–Crippen MR) is 106 cm³/mol. The number of rotatable bonds is 10. The van der Waals surface area contributed by atoms with Crippen molar-refractivity contribution < 1.29 is 9.90 Å². The van der Waals surface area contributed by atoms with Crippen LogP contribution in [0.2, 0.25) is 0 Å². The van der Waals surface area contributed by atoms with Gasteiger partial charge in [0.15, 0.2) is 0 Å². The Balaban J connectivity index is 0.000000250. The fraction of sp³-hybridized carbons (Fsp3) is 0.667. The highest BCUT2D eigenvalue weighted by Gasteiger charge is 2.08. The molecule has 0 aromatic heterocycles. The molecule has 0 saturated carbocycles. The number of para-hydroxylation sites is 1. The first kappa shape index (κ1) is 21.5. The fourth-order valence-corrected chi connectivity index (χ4v) is 2.97. The molecule has 1 saturated heterocycles. The van der Waals surface area contributed by atoms with Crippen molar-refractivity contribution in [1.29, 1.82) is 0 Å². The van der Waals surface area contributed by atoms with Crippen LogP contribution in [0.4, 0.5) is 5.69 Å². The Kier molecular flexibility index (Phi) is 12.7. The summed E-state index contributed by atoms with van der Waals surface area (Å²) in [5.74, 6) is -0.661. The number of carboxylic acids is 1. The number of unbranched alkanes of at least 4 members (excludes halogenated alkanes) is 7. The van der Waals surface area contributed by atoms with E-state index in [2.05, 4.69) is 47.5 Å². The standard InChI is InChI=1S/C11H22O2.C10H14N2/c1-2-3-4-5-6-7-8-9-10-11(12)13;1-2-4-10(5-3-1)12-8-6-11-7-9-12/h2-10H2,1H3,(H,12,13);1-5,11H,6-9H2. The average molecular weight is 349 g/mol. The molecule has 1 heterocycles. The number of anilines is 1. The summed E-state index contributed by atoms with van der Waals surface area (Å²) in [6, 6.07) is 10.6. The van der Waals surface area contributed by atoms with Crippen LogP contribution in [-0.4, -0.2) is 37.3 Å². The SMILES string of the molecule is CCCCCCCCCCC(=O)O.c1ccc(N2CCNCC2)cc1.